The highest BCUT2D eigenvalue weighted by Crippen LogP contribution is 2.06. The van der Waals surface area contributed by atoms with Gasteiger partial charge < -0.3 is 5.73 Å². The number of hydrazine groups is 1. The van der Waals surface area contributed by atoms with Crippen molar-refractivity contribution in [3.63, 3.8) is 0 Å². The molecule has 2 aromatic rings. The molecule has 24 heavy (non-hydrogen) atoms. The Morgan fingerprint density at radius 2 is 1.88 bits per heavy atom. The van der Waals surface area contributed by atoms with Crippen molar-refractivity contribution in [3.05, 3.63) is 53.5 Å². The molecule has 0 fully saturated rings. The number of nitrogens with one attached hydrogen (secondary N) is 2. The fraction of sp³-hybridized carbons (Fsp3) is 0.294. The molecule has 126 valence electrons. The number of nitrogens with zero attached hydrogens (tertiary/aromatic N) is 2. The molecular weight excluding hydrogens is 306 g/mol. The summed E-state index contributed by atoms with van der Waals surface area (Å²) in [6.07, 6.45) is 7.50. The van der Waals surface area contributed by atoms with Crippen LogP contribution in [0.4, 0.5) is 5.82 Å². The van der Waals surface area contributed by atoms with Crippen LogP contribution in [0, 0.1) is 0 Å². The summed E-state index contributed by atoms with van der Waals surface area (Å²) in [7, 11) is 0. The quantitative estimate of drug-likeness (QED) is 0.554. The number of hydrogen-bond donors (Lipinski definition) is 3. The van der Waals surface area contributed by atoms with Crippen molar-refractivity contribution < 1.29 is 9.59 Å². The van der Waals surface area contributed by atoms with Gasteiger partial charge in [-0.3, -0.25) is 25.4 Å². The topological polar surface area (TPSA) is 110 Å². The zero-order valence-corrected chi connectivity index (χ0v) is 13.6. The molecule has 0 atom stereocenters. The van der Waals surface area contributed by atoms with E-state index >= 15 is 0 Å². The average Bonchev–Trinajstić information content (AvgIpc) is 2.60. The lowest BCUT2D eigenvalue weighted by atomic mass is 10.1. The van der Waals surface area contributed by atoms with E-state index in [-0.39, 0.29) is 11.5 Å². The monoisotopic (exact) mass is 327 g/mol. The van der Waals surface area contributed by atoms with Crippen LogP contribution in [0.5, 0.6) is 0 Å². The third-order valence-corrected chi connectivity index (χ3v) is 3.46. The standard InChI is InChI=1S/C17H21N5O2/c1-2-3-4-5-12-6-7-14(20-11-12)17(24)22-21-16(23)13-8-9-19-15(18)10-13/h6-11H,2-5H2,1H3,(H2,18,19)(H,21,23)(H,22,24). The van der Waals surface area contributed by atoms with Crippen molar-refractivity contribution in [2.24, 2.45) is 0 Å². The zero-order valence-electron chi connectivity index (χ0n) is 13.6. The highest BCUT2D eigenvalue weighted by atomic mass is 16.2. The number of aromatic nitrogens is 2. The van der Waals surface area contributed by atoms with Gasteiger partial charge in [0.05, 0.1) is 0 Å². The SMILES string of the molecule is CCCCCc1ccc(C(=O)NNC(=O)c2ccnc(N)c2)nc1. The molecule has 2 rings (SSSR count). The molecule has 0 aliphatic rings. The molecule has 0 radical (unpaired) electrons. The smallest absolute Gasteiger partial charge is 0.288 e. The van der Waals surface area contributed by atoms with Gasteiger partial charge in [-0.05, 0) is 36.6 Å². The van der Waals surface area contributed by atoms with Gasteiger partial charge in [-0.15, -0.1) is 0 Å². The summed E-state index contributed by atoms with van der Waals surface area (Å²) in [5.41, 5.74) is 11.8. The molecule has 0 saturated heterocycles. The second-order valence-corrected chi connectivity index (χ2v) is 5.39. The Morgan fingerprint density at radius 3 is 2.54 bits per heavy atom. The fourth-order valence-corrected chi connectivity index (χ4v) is 2.13. The summed E-state index contributed by atoms with van der Waals surface area (Å²) >= 11 is 0. The van der Waals surface area contributed by atoms with Crippen LogP contribution < -0.4 is 16.6 Å². The Kier molecular flexibility index (Phi) is 6.24. The van der Waals surface area contributed by atoms with Gasteiger partial charge in [0.25, 0.3) is 11.8 Å². The van der Waals surface area contributed by atoms with E-state index in [0.29, 0.717) is 5.56 Å². The molecule has 0 aliphatic carbocycles. The summed E-state index contributed by atoms with van der Waals surface area (Å²) in [4.78, 5) is 31.8. The van der Waals surface area contributed by atoms with Gasteiger partial charge >= 0.3 is 0 Å². The number of nitrogen functional groups attached to an aromatic ring is 1. The van der Waals surface area contributed by atoms with Crippen molar-refractivity contribution in [3.8, 4) is 0 Å². The van der Waals surface area contributed by atoms with Crippen LogP contribution in [0.2, 0.25) is 0 Å². The van der Waals surface area contributed by atoms with Crippen molar-refractivity contribution in [2.45, 2.75) is 32.6 Å². The van der Waals surface area contributed by atoms with Crippen molar-refractivity contribution in [2.75, 3.05) is 5.73 Å². The predicted octanol–water partition coefficient (Wildman–Crippen LogP) is 1.87. The van der Waals surface area contributed by atoms with E-state index in [1.807, 2.05) is 6.07 Å². The summed E-state index contributed by atoms with van der Waals surface area (Å²) in [5.74, 6) is -0.728. The van der Waals surface area contributed by atoms with Crippen LogP contribution in [-0.4, -0.2) is 21.8 Å². The van der Waals surface area contributed by atoms with E-state index in [2.05, 4.69) is 27.7 Å². The largest absolute Gasteiger partial charge is 0.384 e. The maximum Gasteiger partial charge on any atom is 0.288 e. The van der Waals surface area contributed by atoms with E-state index in [4.69, 9.17) is 5.73 Å². The highest BCUT2D eigenvalue weighted by molar-refractivity contribution is 5.98. The third kappa shape index (κ3) is 5.05. The van der Waals surface area contributed by atoms with E-state index in [9.17, 15) is 9.59 Å². The number of unbranched alkanes of at least 4 members (excludes halogenated alkanes) is 2. The first-order chi connectivity index (χ1) is 11.6. The van der Waals surface area contributed by atoms with Crippen molar-refractivity contribution >= 4 is 17.6 Å². The van der Waals surface area contributed by atoms with E-state index in [1.165, 1.54) is 24.8 Å². The minimum absolute atomic E-state index is 0.231. The number of rotatable bonds is 6. The number of carbonyl (C=O) groups is 2. The number of carbonyl (C=O) groups excluding carboxylic acids is 2. The Balaban J connectivity index is 1.87. The van der Waals surface area contributed by atoms with Crippen LogP contribution in [0.3, 0.4) is 0 Å². The molecule has 2 aromatic heterocycles. The predicted molar refractivity (Wildman–Crippen MR) is 91.0 cm³/mol. The number of hydrogen-bond acceptors (Lipinski definition) is 5. The van der Waals surface area contributed by atoms with Gasteiger partial charge in [-0.2, -0.15) is 0 Å². The summed E-state index contributed by atoms with van der Waals surface area (Å²) < 4.78 is 0. The molecule has 7 heteroatoms. The maximum absolute atomic E-state index is 12.0. The molecule has 2 amide bonds. The highest BCUT2D eigenvalue weighted by Gasteiger charge is 2.10. The van der Waals surface area contributed by atoms with E-state index in [1.54, 1.807) is 12.3 Å². The molecule has 4 N–H and O–H groups in total. The van der Waals surface area contributed by atoms with E-state index < -0.39 is 11.8 Å². The second kappa shape index (κ2) is 8.61. The second-order valence-electron chi connectivity index (χ2n) is 5.39. The van der Waals surface area contributed by atoms with Crippen LogP contribution in [0.1, 0.15) is 52.6 Å². The lowest BCUT2D eigenvalue weighted by Gasteiger charge is -2.07. The number of aryl methyl sites for hydroxylation is 1. The first kappa shape index (κ1) is 17.4. The third-order valence-electron chi connectivity index (χ3n) is 3.46. The van der Waals surface area contributed by atoms with Crippen molar-refractivity contribution in [1.82, 2.24) is 20.8 Å². The number of amides is 2. The van der Waals surface area contributed by atoms with Gasteiger partial charge in [-0.1, -0.05) is 25.8 Å². The molecule has 7 nitrogen and oxygen atoms in total. The number of pyridine rings is 2. The van der Waals surface area contributed by atoms with Crippen LogP contribution in [0.25, 0.3) is 0 Å². The summed E-state index contributed by atoms with van der Waals surface area (Å²) in [6, 6.07) is 6.45. The molecule has 0 aromatic carbocycles. The molecule has 0 aliphatic heterocycles. The minimum Gasteiger partial charge on any atom is -0.384 e. The lowest BCUT2D eigenvalue weighted by Crippen LogP contribution is -2.42. The normalized spacial score (nSPS) is 10.2. The molecule has 0 spiro atoms. The molecular formula is C17H21N5O2. The Morgan fingerprint density at radius 1 is 1.08 bits per heavy atom. The van der Waals surface area contributed by atoms with E-state index in [0.717, 1.165) is 24.8 Å². The van der Waals surface area contributed by atoms with Gasteiger partial charge in [-0.25, -0.2) is 4.98 Å². The minimum atomic E-state index is -0.481. The van der Waals surface area contributed by atoms with Crippen LogP contribution in [-0.2, 0) is 6.42 Å². The van der Waals surface area contributed by atoms with Crippen molar-refractivity contribution in [1.29, 1.82) is 0 Å². The van der Waals surface area contributed by atoms with Crippen LogP contribution >= 0.6 is 0 Å². The molecule has 0 bridgehead atoms. The lowest BCUT2D eigenvalue weighted by molar-refractivity contribution is 0.0844. The first-order valence-electron chi connectivity index (χ1n) is 7.87. The summed E-state index contributed by atoms with van der Waals surface area (Å²) in [6.45, 7) is 2.15. The average molecular weight is 327 g/mol. The Labute approximate surface area is 140 Å². The molecule has 0 unspecified atom stereocenters. The zero-order chi connectivity index (χ0) is 17.4. The Hall–Kier alpha value is -2.96. The summed E-state index contributed by atoms with van der Waals surface area (Å²) in [5, 5.41) is 0. The van der Waals surface area contributed by atoms with Gasteiger partial charge in [0, 0.05) is 18.0 Å². The van der Waals surface area contributed by atoms with Gasteiger partial charge in [0.2, 0.25) is 0 Å². The number of nitrogens with two attached hydrogens (primary N) is 1. The van der Waals surface area contributed by atoms with Gasteiger partial charge in [0.1, 0.15) is 11.5 Å². The van der Waals surface area contributed by atoms with Gasteiger partial charge in [0.15, 0.2) is 0 Å². The molecule has 0 saturated carbocycles. The maximum atomic E-state index is 12.0. The van der Waals surface area contributed by atoms with Crippen LogP contribution in [0.15, 0.2) is 36.7 Å². The number of anilines is 1. The fourth-order valence-electron chi connectivity index (χ4n) is 2.13. The first-order valence-corrected chi connectivity index (χ1v) is 7.87. The molecule has 2 heterocycles. The Bertz CT molecular complexity index is 700.